The zero-order chi connectivity index (χ0) is 12.3. The zero-order valence-electron chi connectivity index (χ0n) is 10.7. The van der Waals surface area contributed by atoms with E-state index < -0.39 is 0 Å². The van der Waals surface area contributed by atoms with Crippen LogP contribution >= 0.6 is 23.1 Å². The van der Waals surface area contributed by atoms with Crippen LogP contribution in [0.3, 0.4) is 0 Å². The summed E-state index contributed by atoms with van der Waals surface area (Å²) in [5.74, 6) is 1.22. The van der Waals surface area contributed by atoms with Gasteiger partial charge in [0.25, 0.3) is 0 Å². The molecule has 1 atom stereocenters. The molecule has 1 fully saturated rings. The Bertz CT molecular complexity index is 335. The molecule has 1 aliphatic heterocycles. The molecule has 0 spiro atoms. The number of thiophene rings is 1. The van der Waals surface area contributed by atoms with Crippen LogP contribution in [0.4, 0.5) is 0 Å². The van der Waals surface area contributed by atoms with Crippen LogP contribution in [0, 0.1) is 0 Å². The van der Waals surface area contributed by atoms with Crippen LogP contribution in [0.2, 0.25) is 0 Å². The first-order valence-electron chi connectivity index (χ1n) is 6.22. The molecule has 0 radical (unpaired) electrons. The van der Waals surface area contributed by atoms with Crippen molar-refractivity contribution in [1.82, 2.24) is 4.90 Å². The highest BCUT2D eigenvalue weighted by Crippen LogP contribution is 2.33. The first-order valence-corrected chi connectivity index (χ1v) is 8.15. The van der Waals surface area contributed by atoms with E-state index >= 15 is 0 Å². The van der Waals surface area contributed by atoms with E-state index in [2.05, 4.69) is 47.3 Å². The van der Waals surface area contributed by atoms with Gasteiger partial charge in [0.2, 0.25) is 0 Å². The molecule has 0 aromatic carbocycles. The summed E-state index contributed by atoms with van der Waals surface area (Å²) in [4.78, 5) is 2.56. The van der Waals surface area contributed by atoms with Crippen LogP contribution < -0.4 is 5.73 Å². The van der Waals surface area contributed by atoms with Crippen molar-refractivity contribution in [2.45, 2.75) is 31.1 Å². The number of nitrogens with two attached hydrogens (primary N) is 1. The highest BCUT2D eigenvalue weighted by atomic mass is 32.2. The Kier molecular flexibility index (Phi) is 4.53. The summed E-state index contributed by atoms with van der Waals surface area (Å²) < 4.78 is 0.419. The number of thioether (sulfide) groups is 1. The van der Waals surface area contributed by atoms with Gasteiger partial charge in [-0.1, -0.05) is 13.8 Å². The Morgan fingerprint density at radius 2 is 2.29 bits per heavy atom. The fourth-order valence-electron chi connectivity index (χ4n) is 2.31. The maximum Gasteiger partial charge on any atom is 0.0479 e. The van der Waals surface area contributed by atoms with Gasteiger partial charge in [0.05, 0.1) is 0 Å². The Morgan fingerprint density at radius 3 is 2.94 bits per heavy atom. The van der Waals surface area contributed by atoms with Crippen molar-refractivity contribution in [2.75, 3.05) is 25.4 Å². The average Bonchev–Trinajstić information content (AvgIpc) is 2.73. The third kappa shape index (κ3) is 3.47. The number of rotatable bonds is 3. The number of hydrogen-bond donors (Lipinski definition) is 1. The predicted octanol–water partition coefficient (Wildman–Crippen LogP) is 2.97. The minimum atomic E-state index is 0.413. The van der Waals surface area contributed by atoms with Crippen LogP contribution in [-0.2, 0) is 0 Å². The maximum atomic E-state index is 5.97. The second-order valence-electron chi connectivity index (χ2n) is 5.20. The van der Waals surface area contributed by atoms with Crippen LogP contribution in [0.5, 0.6) is 0 Å². The van der Waals surface area contributed by atoms with E-state index in [9.17, 15) is 0 Å². The molecule has 1 aliphatic rings. The lowest BCUT2D eigenvalue weighted by atomic mass is 10.1. The van der Waals surface area contributed by atoms with Crippen LogP contribution in [0.25, 0.3) is 0 Å². The van der Waals surface area contributed by atoms with Crippen molar-refractivity contribution in [3.05, 3.63) is 22.4 Å². The maximum absolute atomic E-state index is 5.97. The molecule has 1 unspecified atom stereocenters. The molecule has 4 heteroatoms. The number of nitrogens with zero attached hydrogens (tertiary/aromatic N) is 1. The minimum absolute atomic E-state index is 0.413. The number of hydrogen-bond acceptors (Lipinski definition) is 4. The van der Waals surface area contributed by atoms with Crippen molar-refractivity contribution in [2.24, 2.45) is 5.73 Å². The molecule has 96 valence electrons. The lowest BCUT2D eigenvalue weighted by Crippen LogP contribution is -2.35. The molecular formula is C13H22N2S2. The van der Waals surface area contributed by atoms with Gasteiger partial charge >= 0.3 is 0 Å². The minimum Gasteiger partial charge on any atom is -0.329 e. The predicted molar refractivity (Wildman–Crippen MR) is 78.8 cm³/mol. The first kappa shape index (κ1) is 13.4. The van der Waals surface area contributed by atoms with Gasteiger partial charge in [0.1, 0.15) is 0 Å². The van der Waals surface area contributed by atoms with Gasteiger partial charge in [0, 0.05) is 36.2 Å². The van der Waals surface area contributed by atoms with Gasteiger partial charge in [-0.05, 0) is 28.8 Å². The lowest BCUT2D eigenvalue weighted by Gasteiger charge is -2.29. The molecule has 1 saturated heterocycles. The van der Waals surface area contributed by atoms with Crippen LogP contribution in [0.1, 0.15) is 31.9 Å². The van der Waals surface area contributed by atoms with E-state index in [0.29, 0.717) is 10.8 Å². The highest BCUT2D eigenvalue weighted by Gasteiger charge is 2.27. The van der Waals surface area contributed by atoms with Crippen LogP contribution in [-0.4, -0.2) is 35.0 Å². The standard InChI is InChI=1S/C13H22N2S2/c1-13(2)4-5-15(6-8-17-13)12(9-14)11-3-7-16-10-11/h3,7,10,12H,4-6,8-9,14H2,1-2H3. The molecule has 0 aliphatic carbocycles. The molecule has 2 nitrogen and oxygen atoms in total. The van der Waals surface area contributed by atoms with Crippen molar-refractivity contribution in [3.8, 4) is 0 Å². The average molecular weight is 270 g/mol. The van der Waals surface area contributed by atoms with Crippen molar-refractivity contribution in [3.63, 3.8) is 0 Å². The van der Waals surface area contributed by atoms with E-state index in [-0.39, 0.29) is 0 Å². The molecule has 2 N–H and O–H groups in total. The van der Waals surface area contributed by atoms with Gasteiger partial charge in [-0.25, -0.2) is 0 Å². The SMILES string of the molecule is CC1(C)CCN(C(CN)c2ccsc2)CCS1. The van der Waals surface area contributed by atoms with E-state index in [4.69, 9.17) is 5.73 Å². The molecule has 0 saturated carbocycles. The monoisotopic (exact) mass is 270 g/mol. The third-order valence-electron chi connectivity index (χ3n) is 3.46. The molecular weight excluding hydrogens is 248 g/mol. The van der Waals surface area contributed by atoms with Crippen molar-refractivity contribution < 1.29 is 0 Å². The summed E-state index contributed by atoms with van der Waals surface area (Å²) in [6.45, 7) is 7.75. The van der Waals surface area contributed by atoms with E-state index in [0.717, 1.165) is 19.6 Å². The second kappa shape index (κ2) is 5.74. The molecule has 0 bridgehead atoms. The van der Waals surface area contributed by atoms with E-state index in [1.54, 1.807) is 11.3 Å². The first-order chi connectivity index (χ1) is 8.12. The topological polar surface area (TPSA) is 29.3 Å². The van der Waals surface area contributed by atoms with E-state index in [1.807, 2.05) is 0 Å². The summed E-state index contributed by atoms with van der Waals surface area (Å²) in [6, 6.07) is 2.63. The summed E-state index contributed by atoms with van der Waals surface area (Å²) in [5, 5.41) is 4.38. The third-order valence-corrected chi connectivity index (χ3v) is 5.54. The van der Waals surface area contributed by atoms with Gasteiger partial charge in [-0.15, -0.1) is 0 Å². The summed E-state index contributed by atoms with van der Waals surface area (Å²) in [7, 11) is 0. The van der Waals surface area contributed by atoms with Crippen molar-refractivity contribution >= 4 is 23.1 Å². The summed E-state index contributed by atoms with van der Waals surface area (Å²) in [6.07, 6.45) is 1.25. The molecule has 0 amide bonds. The van der Waals surface area contributed by atoms with Crippen molar-refractivity contribution in [1.29, 1.82) is 0 Å². The summed E-state index contributed by atoms with van der Waals surface area (Å²) >= 11 is 3.86. The fraction of sp³-hybridized carbons (Fsp3) is 0.692. The van der Waals surface area contributed by atoms with Crippen LogP contribution in [0.15, 0.2) is 16.8 Å². The van der Waals surface area contributed by atoms with Gasteiger partial charge in [-0.2, -0.15) is 23.1 Å². The lowest BCUT2D eigenvalue weighted by molar-refractivity contribution is 0.211. The molecule has 17 heavy (non-hydrogen) atoms. The molecule has 1 aromatic heterocycles. The summed E-state index contributed by atoms with van der Waals surface area (Å²) in [5.41, 5.74) is 7.36. The Balaban J connectivity index is 2.05. The van der Waals surface area contributed by atoms with Gasteiger partial charge in [0.15, 0.2) is 0 Å². The normalized spacial score (nSPS) is 23.2. The quantitative estimate of drug-likeness (QED) is 0.915. The zero-order valence-corrected chi connectivity index (χ0v) is 12.3. The second-order valence-corrected chi connectivity index (χ2v) is 7.78. The van der Waals surface area contributed by atoms with Gasteiger partial charge < -0.3 is 5.73 Å². The molecule has 2 rings (SSSR count). The smallest absolute Gasteiger partial charge is 0.0479 e. The van der Waals surface area contributed by atoms with E-state index in [1.165, 1.54) is 17.7 Å². The molecule has 1 aromatic rings. The Labute approximate surface area is 113 Å². The highest BCUT2D eigenvalue weighted by molar-refractivity contribution is 8.00. The largest absolute Gasteiger partial charge is 0.329 e. The fourth-order valence-corrected chi connectivity index (χ4v) is 4.13. The Hall–Kier alpha value is -0.0300. The van der Waals surface area contributed by atoms with Gasteiger partial charge in [-0.3, -0.25) is 4.90 Å². The molecule has 2 heterocycles. The Morgan fingerprint density at radius 1 is 1.47 bits per heavy atom.